The molecule has 126 valence electrons. The molecule has 0 unspecified atom stereocenters. The zero-order valence-electron chi connectivity index (χ0n) is 15.0. The van der Waals surface area contributed by atoms with Gasteiger partial charge in [-0.2, -0.15) is 0 Å². The molecule has 1 aliphatic heterocycles. The molecule has 1 aromatic rings. The van der Waals surface area contributed by atoms with Gasteiger partial charge in [0.2, 0.25) is 0 Å². The largest absolute Gasteiger partial charge is 0.422 e. The van der Waals surface area contributed by atoms with Gasteiger partial charge in [-0.05, 0) is 16.5 Å². The van der Waals surface area contributed by atoms with E-state index in [2.05, 4.69) is 20.8 Å². The van der Waals surface area contributed by atoms with Crippen LogP contribution in [0.4, 0.5) is 0 Å². The van der Waals surface area contributed by atoms with Crippen molar-refractivity contribution in [3.63, 3.8) is 0 Å². The van der Waals surface area contributed by atoms with Crippen molar-refractivity contribution >= 4 is 11.9 Å². The Morgan fingerprint density at radius 3 is 1.61 bits per heavy atom. The Labute approximate surface area is 138 Å². The van der Waals surface area contributed by atoms with Crippen LogP contribution >= 0.6 is 0 Å². The summed E-state index contributed by atoms with van der Waals surface area (Å²) in [4.78, 5) is 24.7. The quantitative estimate of drug-likeness (QED) is 0.616. The summed E-state index contributed by atoms with van der Waals surface area (Å²) in [6, 6.07) is 8.03. The van der Waals surface area contributed by atoms with E-state index in [9.17, 15) is 9.59 Å². The molecule has 0 spiro atoms. The maximum Gasteiger partial charge on any atom is 0.324 e. The van der Waals surface area contributed by atoms with Crippen LogP contribution in [0.1, 0.15) is 59.6 Å². The molecule has 1 saturated heterocycles. The van der Waals surface area contributed by atoms with Crippen LogP contribution in [0.15, 0.2) is 24.3 Å². The van der Waals surface area contributed by atoms with E-state index in [0.717, 1.165) is 5.56 Å². The van der Waals surface area contributed by atoms with Gasteiger partial charge in [-0.25, -0.2) is 0 Å². The molecule has 1 aromatic carbocycles. The smallest absolute Gasteiger partial charge is 0.324 e. The second kappa shape index (κ2) is 5.36. The molecule has 23 heavy (non-hydrogen) atoms. The van der Waals surface area contributed by atoms with Gasteiger partial charge in [0.1, 0.15) is 0 Å². The van der Waals surface area contributed by atoms with E-state index in [-0.39, 0.29) is 5.41 Å². The van der Waals surface area contributed by atoms with Gasteiger partial charge in [-0.1, -0.05) is 58.9 Å². The van der Waals surface area contributed by atoms with Crippen molar-refractivity contribution in [3.8, 4) is 0 Å². The van der Waals surface area contributed by atoms with Gasteiger partial charge in [0.15, 0.2) is 5.92 Å². The van der Waals surface area contributed by atoms with Crippen molar-refractivity contribution in [1.82, 2.24) is 0 Å². The van der Waals surface area contributed by atoms with Crippen molar-refractivity contribution in [2.75, 3.05) is 0 Å². The van der Waals surface area contributed by atoms with E-state index in [0.29, 0.717) is 0 Å². The number of carbonyl (C=O) groups excluding carboxylic acids is 2. The fraction of sp³-hybridized carbons (Fsp3) is 0.579. The Kier molecular flexibility index (Phi) is 4.08. The average molecular weight is 318 g/mol. The molecule has 0 aliphatic carbocycles. The third-order valence-electron chi connectivity index (χ3n) is 4.38. The number of hydrogen-bond donors (Lipinski definition) is 0. The predicted octanol–water partition coefficient (Wildman–Crippen LogP) is 3.71. The number of hydrogen-bond acceptors (Lipinski definition) is 4. The van der Waals surface area contributed by atoms with E-state index in [1.165, 1.54) is 5.56 Å². The van der Waals surface area contributed by atoms with E-state index >= 15 is 0 Å². The Hall–Kier alpha value is -1.84. The van der Waals surface area contributed by atoms with Gasteiger partial charge in [-0.15, -0.1) is 0 Å². The van der Waals surface area contributed by atoms with Crippen molar-refractivity contribution in [3.05, 3.63) is 35.4 Å². The Morgan fingerprint density at radius 1 is 0.826 bits per heavy atom. The molecule has 2 rings (SSSR count). The van der Waals surface area contributed by atoms with Gasteiger partial charge < -0.3 is 9.47 Å². The molecule has 0 amide bonds. The first-order valence-corrected chi connectivity index (χ1v) is 7.91. The highest BCUT2D eigenvalue weighted by molar-refractivity contribution is 5.98. The van der Waals surface area contributed by atoms with Crippen LogP contribution in [0, 0.1) is 5.92 Å². The maximum atomic E-state index is 12.3. The standard InChI is InChI=1S/C19H26O4/c1-17(2,3)12-8-10-13(11-9-12)18(4,5)14-15(20)22-19(6,7)23-16(14)21/h8-11,14H,1-7H3. The molecule has 0 N–H and O–H groups in total. The zero-order chi connectivity index (χ0) is 17.6. The van der Waals surface area contributed by atoms with Crippen LogP contribution in [-0.2, 0) is 29.9 Å². The highest BCUT2D eigenvalue weighted by Crippen LogP contribution is 2.38. The molecular formula is C19H26O4. The maximum absolute atomic E-state index is 12.3. The van der Waals surface area contributed by atoms with E-state index in [1.54, 1.807) is 13.8 Å². The normalized spacial score (nSPS) is 19.3. The lowest BCUT2D eigenvalue weighted by Gasteiger charge is -2.39. The monoisotopic (exact) mass is 318 g/mol. The number of ether oxygens (including phenoxy) is 2. The molecule has 0 atom stereocenters. The second-order valence-electron chi connectivity index (χ2n) is 8.22. The minimum Gasteiger partial charge on any atom is -0.422 e. The van der Waals surface area contributed by atoms with Gasteiger partial charge in [0.25, 0.3) is 5.79 Å². The average Bonchev–Trinajstić information content (AvgIpc) is 2.34. The summed E-state index contributed by atoms with van der Waals surface area (Å²) in [5.41, 5.74) is 1.45. The highest BCUT2D eigenvalue weighted by Gasteiger charge is 2.51. The van der Waals surface area contributed by atoms with Gasteiger partial charge in [-0.3, -0.25) is 9.59 Å². The molecule has 0 saturated carbocycles. The number of carbonyl (C=O) groups is 2. The molecule has 4 heteroatoms. The first kappa shape index (κ1) is 17.5. The van der Waals surface area contributed by atoms with Crippen LogP contribution in [0.25, 0.3) is 0 Å². The van der Waals surface area contributed by atoms with Gasteiger partial charge in [0, 0.05) is 19.3 Å². The number of esters is 2. The van der Waals surface area contributed by atoms with Crippen molar-refractivity contribution in [2.45, 2.75) is 65.1 Å². The summed E-state index contributed by atoms with van der Waals surface area (Å²) >= 11 is 0. The van der Waals surface area contributed by atoms with Crippen LogP contribution < -0.4 is 0 Å². The van der Waals surface area contributed by atoms with Crippen LogP contribution in [0.3, 0.4) is 0 Å². The molecular weight excluding hydrogens is 292 g/mol. The Balaban J connectivity index is 2.34. The minimum absolute atomic E-state index is 0.0510. The fourth-order valence-corrected chi connectivity index (χ4v) is 2.88. The SMILES string of the molecule is CC1(C)OC(=O)C(C(C)(C)c2ccc(C(C)(C)C)cc2)C(=O)O1. The molecule has 1 fully saturated rings. The van der Waals surface area contributed by atoms with E-state index < -0.39 is 29.1 Å². The van der Waals surface area contributed by atoms with Crippen LogP contribution in [-0.4, -0.2) is 17.7 Å². The van der Waals surface area contributed by atoms with Crippen LogP contribution in [0.5, 0.6) is 0 Å². The predicted molar refractivity (Wildman–Crippen MR) is 87.9 cm³/mol. The Morgan fingerprint density at radius 2 is 1.22 bits per heavy atom. The summed E-state index contributed by atoms with van der Waals surface area (Å²) < 4.78 is 10.5. The lowest BCUT2D eigenvalue weighted by atomic mass is 9.72. The summed E-state index contributed by atoms with van der Waals surface area (Å²) in [6.07, 6.45) is 0. The number of benzene rings is 1. The highest BCUT2D eigenvalue weighted by atomic mass is 16.7. The number of cyclic esters (lactones) is 2. The molecule has 1 heterocycles. The molecule has 4 nitrogen and oxygen atoms in total. The first-order chi connectivity index (χ1) is 10.3. The third kappa shape index (κ3) is 3.41. The summed E-state index contributed by atoms with van der Waals surface area (Å²) in [5.74, 6) is -3.22. The molecule has 0 bridgehead atoms. The van der Waals surface area contributed by atoms with E-state index in [1.807, 2.05) is 38.1 Å². The van der Waals surface area contributed by atoms with Crippen molar-refractivity contribution in [1.29, 1.82) is 0 Å². The number of rotatable bonds is 2. The third-order valence-corrected chi connectivity index (χ3v) is 4.38. The summed E-state index contributed by atoms with van der Waals surface area (Å²) in [7, 11) is 0. The molecule has 0 aromatic heterocycles. The van der Waals surface area contributed by atoms with Crippen molar-refractivity contribution < 1.29 is 19.1 Å². The molecule has 0 radical (unpaired) electrons. The Bertz CT molecular complexity index is 598. The first-order valence-electron chi connectivity index (χ1n) is 7.91. The topological polar surface area (TPSA) is 52.6 Å². The zero-order valence-corrected chi connectivity index (χ0v) is 15.0. The van der Waals surface area contributed by atoms with Crippen molar-refractivity contribution in [2.24, 2.45) is 5.92 Å². The lowest BCUT2D eigenvalue weighted by Crippen LogP contribution is -2.52. The summed E-state index contributed by atoms with van der Waals surface area (Å²) in [6.45, 7) is 13.3. The minimum atomic E-state index is -1.20. The lowest BCUT2D eigenvalue weighted by molar-refractivity contribution is -0.243. The van der Waals surface area contributed by atoms with Gasteiger partial charge in [0.05, 0.1) is 0 Å². The molecule has 1 aliphatic rings. The van der Waals surface area contributed by atoms with Crippen LogP contribution in [0.2, 0.25) is 0 Å². The van der Waals surface area contributed by atoms with Gasteiger partial charge >= 0.3 is 11.9 Å². The fourth-order valence-electron chi connectivity index (χ4n) is 2.88. The van der Waals surface area contributed by atoms with E-state index in [4.69, 9.17) is 9.47 Å². The second-order valence-corrected chi connectivity index (χ2v) is 8.22. The summed E-state index contributed by atoms with van der Waals surface area (Å²) in [5, 5.41) is 0.